The predicted molar refractivity (Wildman–Crippen MR) is 87.3 cm³/mol. The van der Waals surface area contributed by atoms with Crippen molar-refractivity contribution in [1.29, 1.82) is 0 Å². The SMILES string of the molecule is O=P(c1ccccc1)(c1ccccc1)[C@H]1C=C[C@@H]2OC[C@H]1O2. The first-order valence-electron chi connectivity index (χ1n) is 7.45. The zero-order chi connectivity index (χ0) is 15.0. The first kappa shape index (κ1) is 14.0. The van der Waals surface area contributed by atoms with E-state index >= 15 is 0 Å². The van der Waals surface area contributed by atoms with Gasteiger partial charge in [-0.05, 0) is 6.08 Å². The molecule has 0 amide bonds. The third kappa shape index (κ3) is 2.17. The highest BCUT2D eigenvalue weighted by atomic mass is 31.2. The van der Waals surface area contributed by atoms with Crippen LogP contribution < -0.4 is 10.6 Å². The minimum atomic E-state index is -2.84. The molecule has 0 spiro atoms. The minimum absolute atomic E-state index is 0.152. The lowest BCUT2D eigenvalue weighted by Crippen LogP contribution is -2.36. The average molecular weight is 312 g/mol. The van der Waals surface area contributed by atoms with Crippen molar-refractivity contribution >= 4 is 17.8 Å². The number of benzene rings is 2. The number of hydrogen-bond donors (Lipinski definition) is 0. The van der Waals surface area contributed by atoms with Gasteiger partial charge in [0.15, 0.2) is 13.4 Å². The number of fused-ring (bicyclic) bond motifs is 2. The van der Waals surface area contributed by atoms with Gasteiger partial charge in [-0.3, -0.25) is 0 Å². The van der Waals surface area contributed by atoms with E-state index < -0.39 is 7.14 Å². The number of ether oxygens (including phenoxy) is 2. The van der Waals surface area contributed by atoms with Gasteiger partial charge in [-0.1, -0.05) is 66.7 Å². The van der Waals surface area contributed by atoms with Crippen LogP contribution in [-0.4, -0.2) is 24.7 Å². The normalized spacial score (nSPS) is 27.0. The molecule has 22 heavy (non-hydrogen) atoms. The summed E-state index contributed by atoms with van der Waals surface area (Å²) in [5.74, 6) is 0. The lowest BCUT2D eigenvalue weighted by Gasteiger charge is -2.31. The molecule has 0 aromatic heterocycles. The fourth-order valence-corrected chi connectivity index (χ4v) is 6.38. The van der Waals surface area contributed by atoms with Crippen molar-refractivity contribution in [1.82, 2.24) is 0 Å². The van der Waals surface area contributed by atoms with Crippen LogP contribution in [-0.2, 0) is 14.0 Å². The van der Waals surface area contributed by atoms with Crippen LogP contribution in [0.15, 0.2) is 72.8 Å². The highest BCUT2D eigenvalue weighted by Crippen LogP contribution is 2.53. The second kappa shape index (κ2) is 5.51. The largest absolute Gasteiger partial charge is 0.346 e. The van der Waals surface area contributed by atoms with Crippen LogP contribution in [0.4, 0.5) is 0 Å². The van der Waals surface area contributed by atoms with Gasteiger partial charge in [0, 0.05) is 10.6 Å². The Labute approximate surface area is 129 Å². The maximum atomic E-state index is 14.2. The summed E-state index contributed by atoms with van der Waals surface area (Å²) in [6.45, 7) is 0.492. The smallest absolute Gasteiger partial charge is 0.177 e. The Morgan fingerprint density at radius 3 is 2.05 bits per heavy atom. The van der Waals surface area contributed by atoms with Crippen molar-refractivity contribution in [2.45, 2.75) is 18.1 Å². The van der Waals surface area contributed by atoms with Gasteiger partial charge < -0.3 is 14.0 Å². The molecule has 3 atom stereocenters. The van der Waals surface area contributed by atoms with Gasteiger partial charge in [-0.15, -0.1) is 0 Å². The van der Waals surface area contributed by atoms with E-state index in [2.05, 4.69) is 0 Å². The maximum absolute atomic E-state index is 14.2. The molecule has 4 rings (SSSR count). The molecule has 0 aliphatic carbocycles. The second-order valence-electron chi connectivity index (χ2n) is 5.58. The Hall–Kier alpha value is -1.67. The molecule has 112 valence electrons. The second-order valence-corrected chi connectivity index (χ2v) is 8.53. The molecular weight excluding hydrogens is 295 g/mol. The number of rotatable bonds is 3. The van der Waals surface area contributed by atoms with Crippen molar-refractivity contribution in [3.63, 3.8) is 0 Å². The van der Waals surface area contributed by atoms with Gasteiger partial charge in [0.25, 0.3) is 0 Å². The molecule has 0 radical (unpaired) electrons. The highest BCUT2D eigenvalue weighted by molar-refractivity contribution is 7.79. The van der Waals surface area contributed by atoms with Crippen LogP contribution >= 0.6 is 7.14 Å². The van der Waals surface area contributed by atoms with E-state index in [9.17, 15) is 4.57 Å². The quantitative estimate of drug-likeness (QED) is 0.646. The zero-order valence-corrected chi connectivity index (χ0v) is 12.9. The summed E-state index contributed by atoms with van der Waals surface area (Å²) in [4.78, 5) is 0. The molecule has 2 aliphatic rings. The minimum Gasteiger partial charge on any atom is -0.346 e. The van der Waals surface area contributed by atoms with E-state index in [0.717, 1.165) is 10.6 Å². The van der Waals surface area contributed by atoms with Gasteiger partial charge in [0.2, 0.25) is 0 Å². The molecule has 0 unspecified atom stereocenters. The van der Waals surface area contributed by atoms with Gasteiger partial charge in [-0.2, -0.15) is 0 Å². The fourth-order valence-electron chi connectivity index (χ4n) is 3.20. The van der Waals surface area contributed by atoms with Crippen LogP contribution in [0, 0.1) is 0 Å². The summed E-state index contributed by atoms with van der Waals surface area (Å²) in [5, 5.41) is 1.73. The summed E-state index contributed by atoms with van der Waals surface area (Å²) in [7, 11) is -2.84. The van der Waals surface area contributed by atoms with E-state index in [-0.39, 0.29) is 18.1 Å². The van der Waals surface area contributed by atoms with Crippen molar-refractivity contribution in [3.05, 3.63) is 72.8 Å². The monoisotopic (exact) mass is 312 g/mol. The molecular formula is C18H17O3P. The predicted octanol–water partition coefficient (Wildman–Crippen LogP) is 2.68. The molecule has 0 N–H and O–H groups in total. The number of hydrogen-bond acceptors (Lipinski definition) is 3. The molecule has 4 heteroatoms. The lowest BCUT2D eigenvalue weighted by molar-refractivity contribution is -0.0239. The Bertz CT molecular complexity index is 683. The Morgan fingerprint density at radius 1 is 0.864 bits per heavy atom. The first-order chi connectivity index (χ1) is 10.8. The summed E-state index contributed by atoms with van der Waals surface area (Å²) in [6, 6.07) is 19.4. The zero-order valence-electron chi connectivity index (χ0n) is 12.0. The Balaban J connectivity index is 1.88. The van der Waals surface area contributed by atoms with Gasteiger partial charge >= 0.3 is 0 Å². The van der Waals surface area contributed by atoms with Crippen molar-refractivity contribution in [2.75, 3.05) is 6.61 Å². The van der Waals surface area contributed by atoms with Gasteiger partial charge in [0.1, 0.15) is 0 Å². The topological polar surface area (TPSA) is 35.5 Å². The van der Waals surface area contributed by atoms with E-state index in [1.165, 1.54) is 0 Å². The van der Waals surface area contributed by atoms with E-state index in [4.69, 9.17) is 9.47 Å². The molecule has 2 aromatic carbocycles. The standard InChI is InChI=1S/C18H17O3P/c19-22(14-7-3-1-4-8-14,15-9-5-2-6-10-15)17-11-12-18-20-13-16(17)21-18/h1-12,16-18H,13H2/t16-,17+,18-/m1/s1. The van der Waals surface area contributed by atoms with Crippen molar-refractivity contribution in [3.8, 4) is 0 Å². The highest BCUT2D eigenvalue weighted by Gasteiger charge is 2.45. The first-order valence-corrected chi connectivity index (χ1v) is 9.22. The third-order valence-electron chi connectivity index (χ3n) is 4.28. The Kier molecular flexibility index (Phi) is 3.50. The van der Waals surface area contributed by atoms with Crippen LogP contribution in [0.25, 0.3) is 0 Å². The average Bonchev–Trinajstić information content (AvgIpc) is 2.96. The molecule has 1 saturated heterocycles. The summed E-state index contributed by atoms with van der Waals surface area (Å²) in [6.07, 6.45) is 3.47. The maximum Gasteiger partial charge on any atom is 0.177 e. The van der Waals surface area contributed by atoms with Crippen molar-refractivity contribution in [2.24, 2.45) is 0 Å². The fraction of sp³-hybridized carbons (Fsp3) is 0.222. The van der Waals surface area contributed by atoms with E-state index in [0.29, 0.717) is 6.61 Å². The molecule has 2 heterocycles. The summed E-state index contributed by atoms with van der Waals surface area (Å²) in [5.41, 5.74) is -0.184. The molecule has 2 bridgehead atoms. The summed E-state index contributed by atoms with van der Waals surface area (Å²) >= 11 is 0. The molecule has 2 aliphatic heterocycles. The third-order valence-corrected chi connectivity index (χ3v) is 7.75. The van der Waals surface area contributed by atoms with E-state index in [1.807, 2.05) is 72.8 Å². The van der Waals surface area contributed by atoms with Gasteiger partial charge in [-0.25, -0.2) is 0 Å². The molecule has 3 nitrogen and oxygen atoms in total. The van der Waals surface area contributed by atoms with Crippen LogP contribution in [0.3, 0.4) is 0 Å². The van der Waals surface area contributed by atoms with E-state index in [1.54, 1.807) is 0 Å². The molecule has 2 aromatic rings. The summed E-state index contributed by atoms with van der Waals surface area (Å²) < 4.78 is 25.5. The molecule has 1 fully saturated rings. The lowest BCUT2D eigenvalue weighted by atomic mass is 10.2. The van der Waals surface area contributed by atoms with Crippen molar-refractivity contribution < 1.29 is 14.0 Å². The van der Waals surface area contributed by atoms with Crippen LogP contribution in [0.2, 0.25) is 0 Å². The van der Waals surface area contributed by atoms with Crippen LogP contribution in [0.1, 0.15) is 0 Å². The molecule has 0 saturated carbocycles. The Morgan fingerprint density at radius 2 is 1.45 bits per heavy atom. The van der Waals surface area contributed by atoms with Gasteiger partial charge in [0.05, 0.1) is 18.4 Å². The van der Waals surface area contributed by atoms with Crippen LogP contribution in [0.5, 0.6) is 0 Å².